The Balaban J connectivity index is 1.53. The van der Waals surface area contributed by atoms with Gasteiger partial charge in [0.2, 0.25) is 0 Å². The number of sulfone groups is 1. The maximum atomic E-state index is 12.3. The van der Waals surface area contributed by atoms with Crippen LogP contribution in [0.1, 0.15) is 36.8 Å². The average Bonchev–Trinajstić information content (AvgIpc) is 2.78. The van der Waals surface area contributed by atoms with E-state index in [-0.39, 0.29) is 12.8 Å². The second kappa shape index (κ2) is 6.15. The normalized spacial score (nSPS) is 30.1. The van der Waals surface area contributed by atoms with Gasteiger partial charge in [-0.2, -0.15) is 0 Å². The van der Waals surface area contributed by atoms with E-state index >= 15 is 0 Å². The Labute approximate surface area is 148 Å². The van der Waals surface area contributed by atoms with Crippen molar-refractivity contribution >= 4 is 9.84 Å². The summed E-state index contributed by atoms with van der Waals surface area (Å²) in [6.07, 6.45) is 1.90. The van der Waals surface area contributed by atoms with Crippen molar-refractivity contribution < 1.29 is 18.3 Å². The first-order valence-corrected chi connectivity index (χ1v) is 10.3. The molecule has 0 radical (unpaired) electrons. The highest BCUT2D eigenvalue weighted by Crippen LogP contribution is 2.47. The molecule has 2 fully saturated rings. The quantitative estimate of drug-likeness (QED) is 0.912. The van der Waals surface area contributed by atoms with E-state index in [1.807, 2.05) is 54.6 Å². The Morgan fingerprint density at radius 1 is 1.00 bits per heavy atom. The van der Waals surface area contributed by atoms with Crippen molar-refractivity contribution in [2.75, 3.05) is 0 Å². The molecule has 25 heavy (non-hydrogen) atoms. The molecule has 2 unspecified atom stereocenters. The number of hydrogen-bond acceptors (Lipinski definition) is 4. The molecule has 2 aromatic rings. The van der Waals surface area contributed by atoms with Crippen LogP contribution in [0.25, 0.3) is 0 Å². The van der Waals surface area contributed by atoms with Gasteiger partial charge in [-0.3, -0.25) is 0 Å². The topological polar surface area (TPSA) is 63.6 Å². The molecule has 0 aromatic heterocycles. The van der Waals surface area contributed by atoms with Crippen LogP contribution in [0.3, 0.4) is 0 Å². The van der Waals surface area contributed by atoms with Crippen molar-refractivity contribution in [3.05, 3.63) is 65.7 Å². The predicted octanol–water partition coefficient (Wildman–Crippen LogP) is 3.19. The number of benzene rings is 2. The number of rotatable bonds is 4. The molecule has 2 bridgehead atoms. The first-order valence-electron chi connectivity index (χ1n) is 8.70. The van der Waals surface area contributed by atoms with Gasteiger partial charge in [0.25, 0.3) is 0 Å². The van der Waals surface area contributed by atoms with E-state index in [4.69, 9.17) is 4.74 Å². The molecule has 2 saturated heterocycles. The van der Waals surface area contributed by atoms with Crippen molar-refractivity contribution in [2.24, 2.45) is 0 Å². The van der Waals surface area contributed by atoms with E-state index in [0.29, 0.717) is 25.2 Å². The summed E-state index contributed by atoms with van der Waals surface area (Å²) in [5.74, 6) is 0.690. The molecule has 4 nitrogen and oxygen atoms in total. The van der Waals surface area contributed by atoms with Crippen LogP contribution in [0.4, 0.5) is 0 Å². The minimum atomic E-state index is -3.06. The van der Waals surface area contributed by atoms with Crippen LogP contribution in [0.15, 0.2) is 54.6 Å². The Bertz CT molecular complexity index is 840. The lowest BCUT2D eigenvalue weighted by Gasteiger charge is -2.36. The maximum Gasteiger partial charge on any atom is 0.156 e. The van der Waals surface area contributed by atoms with E-state index < -0.39 is 25.9 Å². The molecule has 5 heteroatoms. The summed E-state index contributed by atoms with van der Waals surface area (Å²) in [5.41, 5.74) is 0.752. The van der Waals surface area contributed by atoms with Crippen LogP contribution in [0.5, 0.6) is 5.75 Å². The third kappa shape index (κ3) is 3.07. The number of aliphatic hydroxyl groups is 1. The highest BCUT2D eigenvalue weighted by molar-refractivity contribution is 7.93. The Morgan fingerprint density at radius 2 is 1.68 bits per heavy atom. The zero-order valence-corrected chi connectivity index (χ0v) is 14.8. The molecule has 1 N–H and O–H groups in total. The zero-order chi connectivity index (χ0) is 17.5. The summed E-state index contributed by atoms with van der Waals surface area (Å²) in [7, 11) is -3.06. The first kappa shape index (κ1) is 16.6. The van der Waals surface area contributed by atoms with Crippen molar-refractivity contribution in [3.63, 3.8) is 0 Å². The molecule has 0 spiro atoms. The van der Waals surface area contributed by atoms with Crippen LogP contribution in [0, 0.1) is 0 Å². The summed E-state index contributed by atoms with van der Waals surface area (Å²) in [5, 5.41) is 10.3. The minimum Gasteiger partial charge on any atom is -0.489 e. The van der Waals surface area contributed by atoms with Crippen molar-refractivity contribution in [1.82, 2.24) is 0 Å². The van der Waals surface area contributed by atoms with Crippen LogP contribution < -0.4 is 4.74 Å². The molecule has 132 valence electrons. The molecular weight excluding hydrogens is 336 g/mol. The van der Waals surface area contributed by atoms with Crippen LogP contribution in [-0.2, 0) is 22.0 Å². The zero-order valence-electron chi connectivity index (χ0n) is 14.0. The predicted molar refractivity (Wildman–Crippen MR) is 96.1 cm³/mol. The summed E-state index contributed by atoms with van der Waals surface area (Å²) < 4.78 is 30.4. The van der Waals surface area contributed by atoms with Gasteiger partial charge in [-0.1, -0.05) is 42.5 Å². The summed E-state index contributed by atoms with van der Waals surface area (Å²) in [4.78, 5) is 0. The molecule has 2 aliphatic heterocycles. The number of hydrogen-bond donors (Lipinski definition) is 1. The van der Waals surface area contributed by atoms with Crippen LogP contribution >= 0.6 is 0 Å². The lowest BCUT2D eigenvalue weighted by atomic mass is 9.86. The maximum absolute atomic E-state index is 12.3. The second-order valence-corrected chi connectivity index (χ2v) is 9.66. The fourth-order valence-corrected chi connectivity index (χ4v) is 6.59. The molecule has 0 saturated carbocycles. The molecule has 2 aromatic carbocycles. The summed E-state index contributed by atoms with van der Waals surface area (Å²) in [6.45, 7) is 0.461. The highest BCUT2D eigenvalue weighted by atomic mass is 32.2. The van der Waals surface area contributed by atoms with Gasteiger partial charge in [0, 0.05) is 0 Å². The molecule has 2 atom stereocenters. The molecule has 0 amide bonds. The Morgan fingerprint density at radius 3 is 2.36 bits per heavy atom. The van der Waals surface area contributed by atoms with Gasteiger partial charge in [0.05, 0.1) is 16.1 Å². The van der Waals surface area contributed by atoms with Crippen LogP contribution in [0.2, 0.25) is 0 Å². The summed E-state index contributed by atoms with van der Waals surface area (Å²) in [6, 6.07) is 17.3. The third-order valence-corrected chi connectivity index (χ3v) is 8.15. The fourth-order valence-electron chi connectivity index (χ4n) is 4.10. The molecule has 4 rings (SSSR count). The SMILES string of the molecule is O=S1(=O)C2CCC1CC(O)(c1cccc(OCc3ccccc3)c1)C2. The molecule has 2 heterocycles. The minimum absolute atomic E-state index is 0.286. The van der Waals surface area contributed by atoms with Crippen molar-refractivity contribution in [2.45, 2.75) is 48.4 Å². The third-order valence-electron chi connectivity index (χ3n) is 5.49. The van der Waals surface area contributed by atoms with Gasteiger partial charge in [-0.05, 0) is 48.9 Å². The monoisotopic (exact) mass is 358 g/mol. The number of fused-ring (bicyclic) bond motifs is 2. The Kier molecular flexibility index (Phi) is 4.08. The van der Waals surface area contributed by atoms with Crippen LogP contribution in [-0.4, -0.2) is 24.0 Å². The van der Waals surface area contributed by atoms with Gasteiger partial charge in [0.15, 0.2) is 9.84 Å². The van der Waals surface area contributed by atoms with Crippen molar-refractivity contribution in [1.29, 1.82) is 0 Å². The standard InChI is InChI=1S/C20H22O4S/c21-20(12-18-9-10-19(13-20)25(18,22)23)16-7-4-8-17(11-16)24-14-15-5-2-1-3-6-15/h1-8,11,18-19,21H,9-10,12-14H2. The van der Waals surface area contributed by atoms with E-state index in [2.05, 4.69) is 0 Å². The lowest BCUT2D eigenvalue weighted by molar-refractivity contribution is 0.0171. The second-order valence-electron chi connectivity index (χ2n) is 7.15. The van der Waals surface area contributed by atoms with Gasteiger partial charge in [0.1, 0.15) is 12.4 Å². The van der Waals surface area contributed by atoms with Crippen molar-refractivity contribution in [3.8, 4) is 5.75 Å². The van der Waals surface area contributed by atoms with Gasteiger partial charge in [-0.25, -0.2) is 8.42 Å². The summed E-state index contributed by atoms with van der Waals surface area (Å²) >= 11 is 0. The number of ether oxygens (including phenoxy) is 1. The molecular formula is C20H22O4S. The van der Waals surface area contributed by atoms with E-state index in [0.717, 1.165) is 11.1 Å². The lowest BCUT2D eigenvalue weighted by Crippen LogP contribution is -2.43. The average molecular weight is 358 g/mol. The van der Waals surface area contributed by atoms with Gasteiger partial charge < -0.3 is 9.84 Å². The van der Waals surface area contributed by atoms with Gasteiger partial charge in [-0.15, -0.1) is 0 Å². The fraction of sp³-hybridized carbons (Fsp3) is 0.400. The van der Waals surface area contributed by atoms with E-state index in [9.17, 15) is 13.5 Å². The van der Waals surface area contributed by atoms with E-state index in [1.165, 1.54) is 0 Å². The molecule has 2 aliphatic rings. The van der Waals surface area contributed by atoms with Gasteiger partial charge >= 0.3 is 0 Å². The smallest absolute Gasteiger partial charge is 0.156 e. The highest BCUT2D eigenvalue weighted by Gasteiger charge is 2.53. The largest absolute Gasteiger partial charge is 0.489 e. The molecule has 0 aliphatic carbocycles. The first-order chi connectivity index (χ1) is 12.0. The van der Waals surface area contributed by atoms with E-state index in [1.54, 1.807) is 0 Å². The Hall–Kier alpha value is -1.85.